The minimum absolute atomic E-state index is 0.0188. The van der Waals surface area contributed by atoms with E-state index < -0.39 is 0 Å². The first kappa shape index (κ1) is 49.0. The normalized spacial score (nSPS) is 16.3. The zero-order valence-electron chi connectivity index (χ0n) is 41.9. The van der Waals surface area contributed by atoms with Crippen molar-refractivity contribution in [3.8, 4) is 34.8 Å². The molecule has 16 heteroatoms. The summed E-state index contributed by atoms with van der Waals surface area (Å²) in [6.45, 7) is 7.52. The smallest absolute Gasteiger partial charge is 0.261 e. The van der Waals surface area contributed by atoms with E-state index in [2.05, 4.69) is 42.3 Å². The van der Waals surface area contributed by atoms with Gasteiger partial charge < -0.3 is 44.3 Å². The monoisotopic (exact) mass is 1000 g/mol. The van der Waals surface area contributed by atoms with Gasteiger partial charge in [-0.25, -0.2) is 0 Å². The van der Waals surface area contributed by atoms with Crippen molar-refractivity contribution in [2.75, 3.05) is 54.4 Å². The van der Waals surface area contributed by atoms with Crippen LogP contribution in [-0.4, -0.2) is 89.8 Å². The summed E-state index contributed by atoms with van der Waals surface area (Å²) in [7, 11) is 5.17. The molecule has 4 aliphatic heterocycles. The lowest BCUT2D eigenvalue weighted by atomic mass is 10.1. The molecule has 4 aliphatic rings. The van der Waals surface area contributed by atoms with Crippen LogP contribution >= 0.6 is 11.8 Å². The largest absolute Gasteiger partial charge is 0.494 e. The number of nitrogens with zero attached hydrogens (tertiary/aromatic N) is 5. The van der Waals surface area contributed by atoms with Crippen molar-refractivity contribution in [2.45, 2.75) is 94.4 Å². The average molecular weight is 1010 g/mol. The van der Waals surface area contributed by atoms with Gasteiger partial charge in [-0.3, -0.25) is 28.8 Å². The van der Waals surface area contributed by atoms with Crippen LogP contribution in [0.3, 0.4) is 0 Å². The molecule has 10 rings (SSSR count). The van der Waals surface area contributed by atoms with E-state index in [1.807, 2.05) is 77.7 Å². The molecule has 6 aromatic rings. The summed E-state index contributed by atoms with van der Waals surface area (Å²) in [6, 6.07) is 30.6. The molecule has 15 nitrogen and oxygen atoms in total. The molecular formula is C57H60N6O9S. The van der Waals surface area contributed by atoms with Gasteiger partial charge in [0.25, 0.3) is 11.8 Å². The van der Waals surface area contributed by atoms with Crippen molar-refractivity contribution in [1.29, 1.82) is 0 Å². The van der Waals surface area contributed by atoms with Crippen molar-refractivity contribution in [2.24, 2.45) is 4.99 Å². The number of thioether (sulfide) groups is 1. The predicted octanol–water partition coefficient (Wildman–Crippen LogP) is 10.1. The molecule has 0 spiro atoms. The highest BCUT2D eigenvalue weighted by Crippen LogP contribution is 2.45. The number of anilines is 4. The van der Waals surface area contributed by atoms with Crippen LogP contribution in [-0.2, 0) is 37.4 Å². The van der Waals surface area contributed by atoms with Crippen molar-refractivity contribution in [1.82, 2.24) is 4.57 Å². The number of aromatic hydroxyl groups is 2. The topological polar surface area (TPSA) is 168 Å². The van der Waals surface area contributed by atoms with E-state index in [1.165, 1.54) is 23.3 Å². The summed E-state index contributed by atoms with van der Waals surface area (Å²) in [5, 5.41) is 25.0. The number of carbonyl (C=O) groups excluding carboxylic acids is 3. The van der Waals surface area contributed by atoms with Gasteiger partial charge in [0.05, 0.1) is 53.7 Å². The number of carbonyl (C=O) groups is 3. The molecule has 0 saturated carbocycles. The highest BCUT2D eigenvalue weighted by atomic mass is 32.2. The molecule has 2 amide bonds. The Morgan fingerprint density at radius 1 is 0.808 bits per heavy atom. The number of aromatic nitrogens is 1. The Labute approximate surface area is 429 Å². The maximum Gasteiger partial charge on any atom is 0.261 e. The van der Waals surface area contributed by atoms with Gasteiger partial charge in [0, 0.05) is 85.7 Å². The first-order valence-electron chi connectivity index (χ1n) is 24.6. The molecule has 378 valence electrons. The van der Waals surface area contributed by atoms with Gasteiger partial charge in [0.15, 0.2) is 28.9 Å². The Hall–Kier alpha value is -7.59. The number of rotatable bonds is 18. The lowest BCUT2D eigenvalue weighted by molar-refractivity contribution is -0.117. The number of Topliss-reactive ketones (excluding diaryl/α,β-unsaturated/α-hetero) is 1. The number of fused-ring (bicyclic) bond motifs is 8. The third-order valence-corrected chi connectivity index (χ3v) is 15.4. The zero-order valence-corrected chi connectivity index (χ0v) is 42.8. The number of nitrogens with one attached hydrogen (secondary N) is 1. The molecule has 1 aromatic heterocycles. The van der Waals surface area contributed by atoms with Gasteiger partial charge in [-0.1, -0.05) is 50.2 Å². The SMILES string of the molecule is COc1cc2c(cc1OCc1cc(COc3cc4c(cc3OC)C(=O)N3c5ccccc5CC3CN4)cc(N(C)CCCC(C)(C)Sc3cc(O)n(CCC(C)=O)c3O)c1)N=CC1Cc3ccccc3N1C2=O. The maximum atomic E-state index is 14.2. The first-order chi connectivity index (χ1) is 35.2. The molecule has 5 heterocycles. The van der Waals surface area contributed by atoms with Crippen LogP contribution in [0.1, 0.15) is 83.0 Å². The summed E-state index contributed by atoms with van der Waals surface area (Å²) in [4.78, 5) is 51.1. The second kappa shape index (κ2) is 20.1. The van der Waals surface area contributed by atoms with Crippen molar-refractivity contribution >= 4 is 64.0 Å². The number of methoxy groups -OCH3 is 2. The molecule has 0 bridgehead atoms. The first-order valence-corrected chi connectivity index (χ1v) is 25.4. The maximum absolute atomic E-state index is 14.2. The average Bonchev–Trinajstić information content (AvgIpc) is 3.97. The minimum Gasteiger partial charge on any atom is -0.494 e. The lowest BCUT2D eigenvalue weighted by Crippen LogP contribution is -2.39. The highest BCUT2D eigenvalue weighted by Gasteiger charge is 2.39. The van der Waals surface area contributed by atoms with Gasteiger partial charge in [-0.05, 0) is 90.9 Å². The number of hydrogen-bond donors (Lipinski definition) is 3. The number of para-hydroxylation sites is 2. The number of benzene rings is 5. The second-order valence-corrected chi connectivity index (χ2v) is 21.5. The number of aliphatic imine (C=N–C) groups is 1. The van der Waals surface area contributed by atoms with E-state index >= 15 is 0 Å². The fourth-order valence-corrected chi connectivity index (χ4v) is 11.5. The van der Waals surface area contributed by atoms with Crippen LogP contribution < -0.4 is 39.0 Å². The second-order valence-electron chi connectivity index (χ2n) is 19.7. The quantitative estimate of drug-likeness (QED) is 0.0699. The molecule has 2 unspecified atom stereocenters. The van der Waals surface area contributed by atoms with E-state index in [9.17, 15) is 24.6 Å². The van der Waals surface area contributed by atoms with Gasteiger partial charge in [-0.15, -0.1) is 11.8 Å². The van der Waals surface area contributed by atoms with E-state index in [0.29, 0.717) is 69.9 Å². The summed E-state index contributed by atoms with van der Waals surface area (Å²) < 4.78 is 25.9. The van der Waals surface area contributed by atoms with E-state index in [1.54, 1.807) is 38.5 Å². The molecule has 0 radical (unpaired) electrons. The molecule has 0 aliphatic carbocycles. The third kappa shape index (κ3) is 9.87. The van der Waals surface area contributed by atoms with Crippen LogP contribution in [0.4, 0.5) is 28.4 Å². The summed E-state index contributed by atoms with van der Waals surface area (Å²) in [6.07, 6.45) is 5.10. The van der Waals surface area contributed by atoms with E-state index in [-0.39, 0.29) is 72.4 Å². The van der Waals surface area contributed by atoms with Crippen molar-refractivity contribution in [3.63, 3.8) is 0 Å². The predicted molar refractivity (Wildman–Crippen MR) is 285 cm³/mol. The molecule has 5 aromatic carbocycles. The zero-order chi connectivity index (χ0) is 51.1. The van der Waals surface area contributed by atoms with Gasteiger partial charge in [-0.2, -0.15) is 0 Å². The fraction of sp³-hybridized carbons (Fsp3) is 0.333. The molecule has 73 heavy (non-hydrogen) atoms. The van der Waals surface area contributed by atoms with E-state index in [0.717, 1.165) is 58.6 Å². The molecule has 3 N–H and O–H groups in total. The molecule has 0 saturated heterocycles. The number of hydrogen-bond acceptors (Lipinski definition) is 13. The Kier molecular flexibility index (Phi) is 13.5. The standard InChI is InChI=1S/C57H60N6O9S/c1-34(64)16-19-61-53(65)29-52(56(61)68)73-57(2,3)17-11-18-60(4)39-21-35(32-71-50-27-44-42(25-48(50)69-5)54(66)62-40(30-58-44)23-37-12-7-9-14-46(37)62)20-36(22-39)33-72-51-28-45-43(26-49(51)70-6)55(67)63-41(31-59-45)24-38-13-8-10-15-47(38)63/h7-10,12-15,20-22,25-30,40-41,59,65,68H,11,16-19,23-24,31-33H2,1-6H3. The Balaban J connectivity index is 0.889. The van der Waals surface area contributed by atoms with Crippen LogP contribution in [0.2, 0.25) is 0 Å². The van der Waals surface area contributed by atoms with Crippen LogP contribution in [0.15, 0.2) is 107 Å². The van der Waals surface area contributed by atoms with Gasteiger partial charge in [0.2, 0.25) is 5.88 Å². The Morgan fingerprint density at radius 3 is 2.12 bits per heavy atom. The molecule has 2 atom stereocenters. The van der Waals surface area contributed by atoms with Gasteiger partial charge >= 0.3 is 0 Å². The Bertz CT molecular complexity index is 3170. The number of ether oxygens (including phenoxy) is 4. The van der Waals surface area contributed by atoms with Crippen LogP contribution in [0.25, 0.3) is 0 Å². The molecule has 0 fully saturated rings. The lowest BCUT2D eigenvalue weighted by Gasteiger charge is -2.26. The Morgan fingerprint density at radius 2 is 1.44 bits per heavy atom. The van der Waals surface area contributed by atoms with Crippen molar-refractivity contribution in [3.05, 3.63) is 130 Å². The summed E-state index contributed by atoms with van der Waals surface area (Å²) in [5.74, 6) is 1.41. The highest BCUT2D eigenvalue weighted by molar-refractivity contribution is 8.00. The van der Waals surface area contributed by atoms with Gasteiger partial charge in [0.1, 0.15) is 19.0 Å². The number of ketones is 1. The van der Waals surface area contributed by atoms with Crippen LogP contribution in [0.5, 0.6) is 34.8 Å². The number of amides is 2. The van der Waals surface area contributed by atoms with Crippen molar-refractivity contribution < 1.29 is 43.5 Å². The molecular weight excluding hydrogens is 945 g/mol. The summed E-state index contributed by atoms with van der Waals surface area (Å²) >= 11 is 1.49. The van der Waals surface area contributed by atoms with Crippen LogP contribution in [0, 0.1) is 0 Å². The third-order valence-electron chi connectivity index (χ3n) is 14.1. The summed E-state index contributed by atoms with van der Waals surface area (Å²) in [5.41, 5.74) is 8.87. The minimum atomic E-state index is -0.304. The fourth-order valence-electron chi connectivity index (χ4n) is 10.3. The van der Waals surface area contributed by atoms with E-state index in [4.69, 9.17) is 23.9 Å².